The van der Waals surface area contributed by atoms with E-state index < -0.39 is 18.6 Å². The molecule has 0 heterocycles. The van der Waals surface area contributed by atoms with E-state index in [9.17, 15) is 18.0 Å². The zero-order valence-corrected chi connectivity index (χ0v) is 10.5. The van der Waals surface area contributed by atoms with Gasteiger partial charge in [-0.25, -0.2) is 0 Å². The van der Waals surface area contributed by atoms with Gasteiger partial charge in [0.05, 0.1) is 13.1 Å². The van der Waals surface area contributed by atoms with Crippen LogP contribution in [-0.4, -0.2) is 43.4 Å². The number of hydrogen-bond acceptors (Lipinski definition) is 3. The summed E-state index contributed by atoms with van der Waals surface area (Å²) in [6.45, 7) is 0.914. The first kappa shape index (κ1) is 17.2. The molecular weight excluding hydrogens is 249 g/mol. The Hall–Kier alpha value is -0.820. The van der Waals surface area contributed by atoms with Crippen LogP contribution in [0.3, 0.4) is 0 Å². The van der Waals surface area contributed by atoms with Crippen LogP contribution in [0.1, 0.15) is 26.2 Å². The van der Waals surface area contributed by atoms with E-state index in [1.807, 2.05) is 12.2 Å². The van der Waals surface area contributed by atoms with Crippen molar-refractivity contribution in [3.63, 3.8) is 0 Å². The number of carbonyl (C=O) groups excluding carboxylic acids is 1. The summed E-state index contributed by atoms with van der Waals surface area (Å²) in [5.74, 6) is -0.287. The van der Waals surface area contributed by atoms with E-state index in [1.165, 1.54) is 0 Å². The maximum atomic E-state index is 11.8. The molecule has 1 atom stereocenters. The van der Waals surface area contributed by atoms with Gasteiger partial charge in [0.2, 0.25) is 5.91 Å². The normalized spacial score (nSPS) is 13.4. The third-order valence-corrected chi connectivity index (χ3v) is 2.43. The van der Waals surface area contributed by atoms with Gasteiger partial charge >= 0.3 is 6.18 Å². The summed E-state index contributed by atoms with van der Waals surface area (Å²) in [4.78, 5) is 11.2. The zero-order chi connectivity index (χ0) is 14.0. The first-order chi connectivity index (χ1) is 8.39. The SMILES string of the molecule is CCCC(CCO)CNC(=O)CNCC(F)(F)F. The molecule has 0 spiro atoms. The molecule has 1 unspecified atom stereocenters. The Balaban J connectivity index is 3.73. The summed E-state index contributed by atoms with van der Waals surface area (Å²) in [6.07, 6.45) is -1.91. The second-order valence-electron chi connectivity index (χ2n) is 4.19. The van der Waals surface area contributed by atoms with E-state index in [-0.39, 0.29) is 19.1 Å². The highest BCUT2D eigenvalue weighted by molar-refractivity contribution is 5.77. The van der Waals surface area contributed by atoms with Gasteiger partial charge in [-0.2, -0.15) is 13.2 Å². The number of halogens is 3. The fourth-order valence-corrected chi connectivity index (χ4v) is 1.58. The molecule has 0 bridgehead atoms. The smallest absolute Gasteiger partial charge is 0.396 e. The molecule has 4 nitrogen and oxygen atoms in total. The maximum absolute atomic E-state index is 11.8. The molecule has 0 aromatic carbocycles. The molecule has 0 rings (SSSR count). The second-order valence-corrected chi connectivity index (χ2v) is 4.19. The van der Waals surface area contributed by atoms with Gasteiger partial charge in [-0.05, 0) is 18.8 Å². The zero-order valence-electron chi connectivity index (χ0n) is 10.5. The van der Waals surface area contributed by atoms with Crippen molar-refractivity contribution < 1.29 is 23.1 Å². The van der Waals surface area contributed by atoms with Crippen molar-refractivity contribution in [3.8, 4) is 0 Å². The number of aliphatic hydroxyl groups excluding tert-OH is 1. The number of amides is 1. The first-order valence-corrected chi connectivity index (χ1v) is 6.04. The summed E-state index contributed by atoms with van der Waals surface area (Å²) in [5, 5.41) is 13.4. The average Bonchev–Trinajstić information content (AvgIpc) is 2.25. The Bertz CT molecular complexity index is 229. The predicted molar refractivity (Wildman–Crippen MR) is 62.0 cm³/mol. The van der Waals surface area contributed by atoms with Gasteiger partial charge in [0.1, 0.15) is 0 Å². The first-order valence-electron chi connectivity index (χ1n) is 6.04. The van der Waals surface area contributed by atoms with Crippen LogP contribution in [-0.2, 0) is 4.79 Å². The molecule has 3 N–H and O–H groups in total. The van der Waals surface area contributed by atoms with E-state index >= 15 is 0 Å². The molecule has 0 saturated carbocycles. The minimum atomic E-state index is -4.30. The molecule has 0 radical (unpaired) electrons. The Kier molecular flexibility index (Phi) is 8.74. The van der Waals surface area contributed by atoms with Gasteiger partial charge in [0, 0.05) is 13.2 Å². The van der Waals surface area contributed by atoms with E-state index in [4.69, 9.17) is 5.11 Å². The fourth-order valence-electron chi connectivity index (χ4n) is 1.58. The standard InChI is InChI=1S/C11H21F3N2O2/c1-2-3-9(4-5-17)6-16-10(18)7-15-8-11(12,13)14/h9,15,17H,2-8H2,1H3,(H,16,18). The van der Waals surface area contributed by atoms with Crippen molar-refractivity contribution >= 4 is 5.91 Å². The summed E-state index contributed by atoms with van der Waals surface area (Å²) < 4.78 is 35.4. The van der Waals surface area contributed by atoms with Gasteiger partial charge in [-0.1, -0.05) is 13.3 Å². The molecule has 0 aliphatic carbocycles. The highest BCUT2D eigenvalue weighted by Gasteiger charge is 2.26. The van der Waals surface area contributed by atoms with Crippen molar-refractivity contribution in [2.24, 2.45) is 5.92 Å². The van der Waals surface area contributed by atoms with Crippen LogP contribution in [0.4, 0.5) is 13.2 Å². The van der Waals surface area contributed by atoms with Crippen LogP contribution < -0.4 is 10.6 Å². The largest absolute Gasteiger partial charge is 0.401 e. The lowest BCUT2D eigenvalue weighted by atomic mass is 10.0. The predicted octanol–water partition coefficient (Wildman–Crippen LogP) is 1.05. The number of alkyl halides is 3. The topological polar surface area (TPSA) is 61.4 Å². The minimum Gasteiger partial charge on any atom is -0.396 e. The van der Waals surface area contributed by atoms with Crippen LogP contribution in [0.2, 0.25) is 0 Å². The van der Waals surface area contributed by atoms with Crippen molar-refractivity contribution in [2.45, 2.75) is 32.4 Å². The molecule has 0 fully saturated rings. The molecule has 1 amide bonds. The molecular formula is C11H21F3N2O2. The molecule has 108 valence electrons. The highest BCUT2D eigenvalue weighted by Crippen LogP contribution is 2.12. The van der Waals surface area contributed by atoms with Crippen molar-refractivity contribution in [1.82, 2.24) is 10.6 Å². The summed E-state index contributed by atoms with van der Waals surface area (Å²) >= 11 is 0. The summed E-state index contributed by atoms with van der Waals surface area (Å²) in [5.41, 5.74) is 0. The molecule has 18 heavy (non-hydrogen) atoms. The fraction of sp³-hybridized carbons (Fsp3) is 0.909. The molecule has 0 aliphatic rings. The Labute approximate surface area is 105 Å². The number of aliphatic hydroxyl groups is 1. The van der Waals surface area contributed by atoms with Crippen LogP contribution >= 0.6 is 0 Å². The van der Waals surface area contributed by atoms with E-state index in [0.29, 0.717) is 13.0 Å². The van der Waals surface area contributed by atoms with Gasteiger partial charge in [-0.3, -0.25) is 4.79 Å². The number of hydrogen-bond donors (Lipinski definition) is 3. The van der Waals surface area contributed by atoms with Crippen molar-refractivity contribution in [2.75, 3.05) is 26.2 Å². The maximum Gasteiger partial charge on any atom is 0.401 e. The van der Waals surface area contributed by atoms with Gasteiger partial charge in [0.25, 0.3) is 0 Å². The monoisotopic (exact) mass is 270 g/mol. The van der Waals surface area contributed by atoms with Crippen molar-refractivity contribution in [1.29, 1.82) is 0 Å². The van der Waals surface area contributed by atoms with E-state index in [1.54, 1.807) is 0 Å². The molecule has 7 heteroatoms. The second kappa shape index (κ2) is 9.16. The third kappa shape index (κ3) is 10.3. The molecule has 0 aromatic heterocycles. The Morgan fingerprint density at radius 1 is 1.33 bits per heavy atom. The number of rotatable bonds is 9. The molecule has 0 aliphatic heterocycles. The lowest BCUT2D eigenvalue weighted by Gasteiger charge is -2.16. The number of nitrogens with one attached hydrogen (secondary N) is 2. The van der Waals surface area contributed by atoms with Crippen molar-refractivity contribution in [3.05, 3.63) is 0 Å². The van der Waals surface area contributed by atoms with Gasteiger partial charge in [0.15, 0.2) is 0 Å². The van der Waals surface area contributed by atoms with Crippen LogP contribution in [0.25, 0.3) is 0 Å². The molecule has 0 saturated heterocycles. The minimum absolute atomic E-state index is 0.0485. The average molecular weight is 270 g/mol. The summed E-state index contributed by atoms with van der Waals surface area (Å²) in [7, 11) is 0. The van der Waals surface area contributed by atoms with Crippen LogP contribution in [0.15, 0.2) is 0 Å². The van der Waals surface area contributed by atoms with E-state index in [0.717, 1.165) is 12.8 Å². The third-order valence-electron chi connectivity index (χ3n) is 2.43. The highest BCUT2D eigenvalue weighted by atomic mass is 19.4. The summed E-state index contributed by atoms with van der Waals surface area (Å²) in [6, 6.07) is 0. The quantitative estimate of drug-likeness (QED) is 0.587. The molecule has 0 aromatic rings. The lowest BCUT2D eigenvalue weighted by molar-refractivity contribution is -0.128. The van der Waals surface area contributed by atoms with Gasteiger partial charge in [-0.15, -0.1) is 0 Å². The van der Waals surface area contributed by atoms with Gasteiger partial charge < -0.3 is 15.7 Å². The van der Waals surface area contributed by atoms with Crippen LogP contribution in [0, 0.1) is 5.92 Å². The van der Waals surface area contributed by atoms with Crippen LogP contribution in [0.5, 0.6) is 0 Å². The Morgan fingerprint density at radius 3 is 2.50 bits per heavy atom. The lowest BCUT2D eigenvalue weighted by Crippen LogP contribution is -2.39. The number of carbonyl (C=O) groups is 1. The van der Waals surface area contributed by atoms with E-state index in [2.05, 4.69) is 5.32 Å². The Morgan fingerprint density at radius 2 is 2.00 bits per heavy atom.